The molecule has 0 amide bonds. The molecule has 4 rings (SSSR count). The summed E-state index contributed by atoms with van der Waals surface area (Å²) in [5, 5.41) is 5.44. The zero-order valence-electron chi connectivity index (χ0n) is 21.1. The Kier molecular flexibility index (Phi) is 7.92. The monoisotopic (exact) mass is 545 g/mol. The average Bonchev–Trinajstić information content (AvgIpc) is 3.64. The van der Waals surface area contributed by atoms with E-state index in [1.807, 2.05) is 6.92 Å². The van der Waals surface area contributed by atoms with Crippen LogP contribution in [0.2, 0.25) is 0 Å². The van der Waals surface area contributed by atoms with Crippen LogP contribution in [0.5, 0.6) is 0 Å². The Hall–Kier alpha value is -3.27. The lowest BCUT2D eigenvalue weighted by molar-refractivity contribution is -0.115. The van der Waals surface area contributed by atoms with Gasteiger partial charge >= 0.3 is 6.18 Å². The molecule has 0 spiro atoms. The van der Waals surface area contributed by atoms with E-state index in [9.17, 15) is 21.9 Å². The SMILES string of the molecule is CC(Nc1nc(NCC(F)(F)F)c2nc(C#CC3CC3)ccc2n1)c1ccc(S(=O)[O-])c(CC(C)(C)N)c1. The highest BCUT2D eigenvalue weighted by atomic mass is 32.2. The van der Waals surface area contributed by atoms with Crippen molar-refractivity contribution in [3.05, 3.63) is 47.2 Å². The van der Waals surface area contributed by atoms with Gasteiger partial charge in [0.2, 0.25) is 5.95 Å². The maximum absolute atomic E-state index is 13.0. The summed E-state index contributed by atoms with van der Waals surface area (Å²) >= 11 is -2.43. The van der Waals surface area contributed by atoms with Gasteiger partial charge < -0.3 is 20.9 Å². The van der Waals surface area contributed by atoms with Crippen molar-refractivity contribution in [3.8, 4) is 11.8 Å². The third-order valence-electron chi connectivity index (χ3n) is 5.74. The van der Waals surface area contributed by atoms with Crippen LogP contribution in [0.1, 0.15) is 56.5 Å². The number of anilines is 2. The highest BCUT2D eigenvalue weighted by molar-refractivity contribution is 7.79. The Morgan fingerprint density at radius 2 is 1.92 bits per heavy atom. The molecule has 0 radical (unpaired) electrons. The predicted molar refractivity (Wildman–Crippen MR) is 139 cm³/mol. The highest BCUT2D eigenvalue weighted by Gasteiger charge is 2.28. The van der Waals surface area contributed by atoms with E-state index in [1.54, 1.807) is 38.1 Å². The fourth-order valence-electron chi connectivity index (χ4n) is 3.80. The van der Waals surface area contributed by atoms with Crippen LogP contribution in [0.15, 0.2) is 35.2 Å². The number of hydrogen-bond donors (Lipinski definition) is 3. The normalized spacial score (nSPS) is 15.5. The molecule has 0 saturated heterocycles. The second kappa shape index (κ2) is 10.8. The Labute approximate surface area is 221 Å². The van der Waals surface area contributed by atoms with Crippen LogP contribution in [0.4, 0.5) is 24.9 Å². The molecule has 3 aromatic rings. The number of hydrogen-bond acceptors (Lipinski definition) is 8. The van der Waals surface area contributed by atoms with E-state index in [0.717, 1.165) is 18.4 Å². The van der Waals surface area contributed by atoms with Crippen molar-refractivity contribution in [2.24, 2.45) is 11.7 Å². The number of nitrogens with two attached hydrogens (primary N) is 1. The maximum Gasteiger partial charge on any atom is 0.405 e. The number of fused-ring (bicyclic) bond motifs is 1. The number of benzene rings is 1. The Morgan fingerprint density at radius 1 is 1.18 bits per heavy atom. The van der Waals surface area contributed by atoms with Crippen molar-refractivity contribution < 1.29 is 21.9 Å². The van der Waals surface area contributed by atoms with Gasteiger partial charge in [0, 0.05) is 16.4 Å². The summed E-state index contributed by atoms with van der Waals surface area (Å²) < 4.78 is 62.4. The third-order valence-corrected chi connectivity index (χ3v) is 6.49. The summed E-state index contributed by atoms with van der Waals surface area (Å²) in [6, 6.07) is 7.82. The van der Waals surface area contributed by atoms with Crippen molar-refractivity contribution in [2.75, 3.05) is 17.2 Å². The fourth-order valence-corrected chi connectivity index (χ4v) is 4.32. The van der Waals surface area contributed by atoms with E-state index >= 15 is 0 Å². The number of halogens is 3. The molecule has 2 atom stereocenters. The Morgan fingerprint density at radius 3 is 2.55 bits per heavy atom. The van der Waals surface area contributed by atoms with Gasteiger partial charge in [-0.15, -0.1) is 0 Å². The minimum Gasteiger partial charge on any atom is -0.768 e. The van der Waals surface area contributed by atoms with E-state index < -0.39 is 35.4 Å². The lowest BCUT2D eigenvalue weighted by atomic mass is 9.94. The molecule has 8 nitrogen and oxygen atoms in total. The smallest absolute Gasteiger partial charge is 0.405 e. The van der Waals surface area contributed by atoms with E-state index in [-0.39, 0.29) is 22.2 Å². The summed E-state index contributed by atoms with van der Waals surface area (Å²) in [6.07, 6.45) is -2.05. The fraction of sp³-hybridized carbons (Fsp3) is 0.423. The second-order valence-corrected chi connectivity index (χ2v) is 11.0. The van der Waals surface area contributed by atoms with Gasteiger partial charge in [0.15, 0.2) is 5.82 Å². The lowest BCUT2D eigenvalue weighted by Gasteiger charge is -2.23. The van der Waals surface area contributed by atoms with Gasteiger partial charge in [0.25, 0.3) is 0 Å². The number of alkyl halides is 3. The molecule has 2 aromatic heterocycles. The van der Waals surface area contributed by atoms with Gasteiger partial charge in [0.05, 0.1) is 11.6 Å². The maximum atomic E-state index is 13.0. The Balaban J connectivity index is 1.66. The molecule has 12 heteroatoms. The van der Waals surface area contributed by atoms with Crippen LogP contribution >= 0.6 is 0 Å². The second-order valence-electron chi connectivity index (χ2n) is 10.1. The molecule has 2 heterocycles. The standard InChI is InChI=1S/C26H29F3N6O2S/c1-15(17-7-11-21(38(36)37)18(12-17)13-25(2,3)30)32-24-34-20-10-9-19(8-6-16-4-5-16)33-22(20)23(35-24)31-14-26(27,28)29/h7,9-12,15-16H,4-5,13-14,30H2,1-3H3,(H,36,37)(H2,31,32,34,35)/p-1. The van der Waals surface area contributed by atoms with E-state index in [1.165, 1.54) is 6.07 Å². The number of nitrogens with zero attached hydrogens (tertiary/aromatic N) is 3. The van der Waals surface area contributed by atoms with Gasteiger partial charge in [-0.1, -0.05) is 18.1 Å². The first-order valence-corrected chi connectivity index (χ1v) is 13.1. The van der Waals surface area contributed by atoms with E-state index in [2.05, 4.69) is 37.4 Å². The summed E-state index contributed by atoms with van der Waals surface area (Å²) in [7, 11) is 0. The third kappa shape index (κ3) is 7.63. The molecule has 1 fully saturated rings. The quantitative estimate of drug-likeness (QED) is 0.280. The Bertz CT molecular complexity index is 1420. The van der Waals surface area contributed by atoms with Crippen molar-refractivity contribution in [1.82, 2.24) is 15.0 Å². The molecule has 2 unspecified atom stereocenters. The van der Waals surface area contributed by atoms with Gasteiger partial charge in [-0.2, -0.15) is 18.2 Å². The lowest BCUT2D eigenvalue weighted by Crippen LogP contribution is -2.34. The van der Waals surface area contributed by atoms with Crippen LogP contribution < -0.4 is 16.4 Å². The summed E-state index contributed by atoms with van der Waals surface area (Å²) in [5.74, 6) is 6.42. The molecule has 0 aliphatic heterocycles. The first-order chi connectivity index (χ1) is 17.8. The first kappa shape index (κ1) is 27.8. The average molecular weight is 546 g/mol. The zero-order valence-corrected chi connectivity index (χ0v) is 22.0. The molecular weight excluding hydrogens is 517 g/mol. The topological polar surface area (TPSA) is 129 Å². The van der Waals surface area contributed by atoms with E-state index in [0.29, 0.717) is 29.1 Å². The van der Waals surface area contributed by atoms with Gasteiger partial charge in [0.1, 0.15) is 17.8 Å². The minimum absolute atomic E-state index is 0.0697. The first-order valence-electron chi connectivity index (χ1n) is 12.1. The largest absolute Gasteiger partial charge is 0.768 e. The summed E-state index contributed by atoms with van der Waals surface area (Å²) in [5.41, 5.74) is 7.74. The molecule has 202 valence electrons. The predicted octanol–water partition coefficient (Wildman–Crippen LogP) is 4.45. The summed E-state index contributed by atoms with van der Waals surface area (Å²) in [4.78, 5) is 13.3. The van der Waals surface area contributed by atoms with E-state index in [4.69, 9.17) is 5.73 Å². The van der Waals surface area contributed by atoms with Crippen molar-refractivity contribution in [3.63, 3.8) is 0 Å². The molecule has 1 aliphatic carbocycles. The highest BCUT2D eigenvalue weighted by Crippen LogP contribution is 2.29. The number of rotatable bonds is 8. The molecular formula is C26H28F3N6O2S-. The van der Waals surface area contributed by atoms with Gasteiger partial charge in [-0.05, 0) is 86.4 Å². The minimum atomic E-state index is -4.46. The van der Waals surface area contributed by atoms with Crippen molar-refractivity contribution in [1.29, 1.82) is 0 Å². The molecule has 4 N–H and O–H groups in total. The van der Waals surface area contributed by atoms with Crippen molar-refractivity contribution >= 4 is 33.9 Å². The molecule has 1 aromatic carbocycles. The number of nitrogens with one attached hydrogen (secondary N) is 2. The summed E-state index contributed by atoms with van der Waals surface area (Å²) in [6.45, 7) is 4.12. The van der Waals surface area contributed by atoms with Crippen LogP contribution in [0.25, 0.3) is 11.0 Å². The van der Waals surface area contributed by atoms with Crippen molar-refractivity contribution in [2.45, 2.75) is 62.7 Å². The zero-order chi connectivity index (χ0) is 27.7. The van der Waals surface area contributed by atoms with Gasteiger partial charge in [-0.25, -0.2) is 9.97 Å². The van der Waals surface area contributed by atoms with Crippen LogP contribution in [-0.2, 0) is 17.5 Å². The van der Waals surface area contributed by atoms with Crippen LogP contribution in [0, 0.1) is 17.8 Å². The molecule has 38 heavy (non-hydrogen) atoms. The van der Waals surface area contributed by atoms with Gasteiger partial charge in [-0.3, -0.25) is 4.21 Å². The molecule has 1 saturated carbocycles. The number of pyridine rings is 1. The molecule has 0 bridgehead atoms. The van der Waals surface area contributed by atoms with Crippen LogP contribution in [-0.4, -0.2) is 42.0 Å². The van der Waals surface area contributed by atoms with Crippen LogP contribution in [0.3, 0.4) is 0 Å². The number of aromatic nitrogens is 3. The molecule has 1 aliphatic rings.